The predicted molar refractivity (Wildman–Crippen MR) is 144 cm³/mol. The Bertz CT molecular complexity index is 1130. The Balaban J connectivity index is 0.000000497. The number of anilines is 2. The van der Waals surface area contributed by atoms with E-state index < -0.39 is 24.3 Å². The molecule has 1 aromatic carbocycles. The highest BCUT2D eigenvalue weighted by atomic mass is 79.9. The van der Waals surface area contributed by atoms with E-state index in [4.69, 9.17) is 24.8 Å². The first-order chi connectivity index (χ1) is 18.8. The maximum absolute atomic E-state index is 10.6. The van der Waals surface area contributed by atoms with Crippen LogP contribution < -0.4 is 15.5 Å². The monoisotopic (exact) mass is 659 g/mol. The molecule has 0 atom stereocenters. The lowest BCUT2D eigenvalue weighted by molar-refractivity contribution is -0.193. The molecule has 0 aliphatic heterocycles. The van der Waals surface area contributed by atoms with E-state index in [-0.39, 0.29) is 0 Å². The van der Waals surface area contributed by atoms with Crippen molar-refractivity contribution < 1.29 is 46.1 Å². The van der Waals surface area contributed by atoms with Crippen molar-refractivity contribution in [3.05, 3.63) is 45.6 Å². The second kappa shape index (κ2) is 15.7. The predicted octanol–water partition coefficient (Wildman–Crippen LogP) is 5.70. The number of halogens is 7. The lowest BCUT2D eigenvalue weighted by Crippen LogP contribution is -2.37. The van der Waals surface area contributed by atoms with Gasteiger partial charge in [0.25, 0.3) is 0 Å². The second-order valence-corrected chi connectivity index (χ2v) is 10.2. The van der Waals surface area contributed by atoms with Gasteiger partial charge >= 0.3 is 24.3 Å². The Morgan fingerprint density at radius 3 is 1.88 bits per heavy atom. The average molecular weight is 660 g/mol. The van der Waals surface area contributed by atoms with Crippen molar-refractivity contribution >= 4 is 39.6 Å². The summed E-state index contributed by atoms with van der Waals surface area (Å²) in [5.41, 5.74) is 3.51. The van der Waals surface area contributed by atoms with Crippen LogP contribution in [0, 0.1) is 13.8 Å². The maximum Gasteiger partial charge on any atom is 0.490 e. The standard InChI is InChI=1S/C21H30BrN5.2C2HF3O2/c1-14-15(2)24-21(26-20(14)27(3)4)25-19-10-8-18(9-11-19)23-13-16-6-5-7-17(22)12-16;2*3-2(4,5)1(6)7/h5-7,12,18-19,23H,8-11,13H2,1-4H3,(H,24,25,26);2*(H,6,7). The summed E-state index contributed by atoms with van der Waals surface area (Å²) in [6, 6.07) is 9.54. The largest absolute Gasteiger partial charge is 0.490 e. The molecule has 1 aliphatic rings. The molecule has 3 rings (SSSR count). The molecule has 230 valence electrons. The van der Waals surface area contributed by atoms with Crippen molar-refractivity contribution in [2.24, 2.45) is 0 Å². The molecule has 0 saturated heterocycles. The minimum Gasteiger partial charge on any atom is -0.475 e. The van der Waals surface area contributed by atoms with Crippen LogP contribution in [0.2, 0.25) is 0 Å². The molecule has 0 radical (unpaired) electrons. The van der Waals surface area contributed by atoms with Crippen LogP contribution in [0.25, 0.3) is 0 Å². The van der Waals surface area contributed by atoms with Crippen LogP contribution in [0.4, 0.5) is 38.1 Å². The smallest absolute Gasteiger partial charge is 0.475 e. The van der Waals surface area contributed by atoms with Gasteiger partial charge in [0.2, 0.25) is 5.95 Å². The van der Waals surface area contributed by atoms with Crippen molar-refractivity contribution in [1.29, 1.82) is 0 Å². The maximum atomic E-state index is 10.6. The molecule has 0 spiro atoms. The first-order valence-electron chi connectivity index (χ1n) is 12.2. The highest BCUT2D eigenvalue weighted by Gasteiger charge is 2.38. The first-order valence-corrected chi connectivity index (χ1v) is 13.0. The Labute approximate surface area is 241 Å². The third-order valence-corrected chi connectivity index (χ3v) is 6.31. The number of aromatic nitrogens is 2. The molecule has 0 amide bonds. The van der Waals surface area contributed by atoms with E-state index in [1.54, 1.807) is 0 Å². The summed E-state index contributed by atoms with van der Waals surface area (Å²) in [5.74, 6) is -3.76. The van der Waals surface area contributed by atoms with E-state index in [9.17, 15) is 26.3 Å². The number of alkyl halides is 6. The molecule has 1 heterocycles. The molecule has 0 unspecified atom stereocenters. The number of rotatable bonds is 6. The number of hydrogen-bond acceptors (Lipinski definition) is 7. The lowest BCUT2D eigenvalue weighted by Gasteiger charge is -2.30. The number of hydrogen-bond donors (Lipinski definition) is 4. The average Bonchev–Trinajstić information content (AvgIpc) is 2.85. The van der Waals surface area contributed by atoms with E-state index in [0.29, 0.717) is 12.1 Å². The summed E-state index contributed by atoms with van der Waals surface area (Å²) in [6.07, 6.45) is -5.53. The van der Waals surface area contributed by atoms with Gasteiger partial charge in [-0.05, 0) is 57.2 Å². The summed E-state index contributed by atoms with van der Waals surface area (Å²) in [7, 11) is 4.06. The highest BCUT2D eigenvalue weighted by molar-refractivity contribution is 9.10. The van der Waals surface area contributed by atoms with Gasteiger partial charge in [-0.2, -0.15) is 31.3 Å². The number of nitrogens with one attached hydrogen (secondary N) is 2. The van der Waals surface area contributed by atoms with Crippen LogP contribution in [-0.2, 0) is 16.1 Å². The number of carbonyl (C=O) groups is 2. The Kier molecular flexibility index (Phi) is 13.8. The zero-order chi connectivity index (χ0) is 31.5. The van der Waals surface area contributed by atoms with Crippen LogP contribution in [0.1, 0.15) is 42.5 Å². The number of aryl methyl sites for hydroxylation is 1. The van der Waals surface area contributed by atoms with Gasteiger partial charge in [0.1, 0.15) is 5.82 Å². The molecule has 0 bridgehead atoms. The zero-order valence-corrected chi connectivity index (χ0v) is 24.3. The quantitative estimate of drug-likeness (QED) is 0.289. The molecule has 16 heteroatoms. The topological polar surface area (TPSA) is 128 Å². The van der Waals surface area contributed by atoms with Crippen molar-refractivity contribution in [3.63, 3.8) is 0 Å². The van der Waals surface area contributed by atoms with Crippen LogP contribution in [0.3, 0.4) is 0 Å². The van der Waals surface area contributed by atoms with Gasteiger partial charge in [-0.3, -0.25) is 0 Å². The normalized spacial score (nSPS) is 16.9. The summed E-state index contributed by atoms with van der Waals surface area (Å²) < 4.78 is 64.6. The molecule has 2 aromatic rings. The Morgan fingerprint density at radius 1 is 0.951 bits per heavy atom. The molecular formula is C25H32BrF6N5O4. The number of carboxylic acids is 2. The summed E-state index contributed by atoms with van der Waals surface area (Å²) in [5, 5.41) is 21.5. The van der Waals surface area contributed by atoms with Crippen molar-refractivity contribution in [1.82, 2.24) is 15.3 Å². The number of nitrogens with zero attached hydrogens (tertiary/aromatic N) is 3. The van der Waals surface area contributed by atoms with E-state index >= 15 is 0 Å². The fourth-order valence-electron chi connectivity index (χ4n) is 3.65. The van der Waals surface area contributed by atoms with E-state index in [1.807, 2.05) is 14.1 Å². The second-order valence-electron chi connectivity index (χ2n) is 9.29. The molecule has 1 fully saturated rings. The van der Waals surface area contributed by atoms with Crippen molar-refractivity contribution in [2.45, 2.75) is 70.5 Å². The summed E-state index contributed by atoms with van der Waals surface area (Å²) in [6.45, 7) is 5.06. The summed E-state index contributed by atoms with van der Waals surface area (Å²) in [4.78, 5) is 29.2. The Hall–Kier alpha value is -3.14. The third kappa shape index (κ3) is 13.4. The highest BCUT2D eigenvalue weighted by Crippen LogP contribution is 2.24. The number of aliphatic carboxylic acids is 2. The summed E-state index contributed by atoms with van der Waals surface area (Å²) >= 11 is 3.54. The Morgan fingerprint density at radius 2 is 1.44 bits per heavy atom. The van der Waals surface area contributed by atoms with Gasteiger partial charge in [0, 0.05) is 48.5 Å². The molecule has 41 heavy (non-hydrogen) atoms. The van der Waals surface area contributed by atoms with Crippen molar-refractivity contribution in [2.75, 3.05) is 24.3 Å². The van der Waals surface area contributed by atoms with Gasteiger partial charge in [-0.1, -0.05) is 28.1 Å². The third-order valence-electron chi connectivity index (χ3n) is 5.82. The van der Waals surface area contributed by atoms with Crippen molar-refractivity contribution in [3.8, 4) is 0 Å². The fourth-order valence-corrected chi connectivity index (χ4v) is 4.09. The van der Waals surface area contributed by atoms with Gasteiger partial charge in [-0.25, -0.2) is 14.6 Å². The van der Waals surface area contributed by atoms with Gasteiger partial charge < -0.3 is 25.7 Å². The minimum atomic E-state index is -5.08. The van der Waals surface area contributed by atoms with Crippen LogP contribution >= 0.6 is 15.9 Å². The molecule has 9 nitrogen and oxygen atoms in total. The van der Waals surface area contributed by atoms with Gasteiger partial charge in [-0.15, -0.1) is 0 Å². The minimum absolute atomic E-state index is 0.450. The van der Waals surface area contributed by atoms with E-state index in [1.165, 1.54) is 18.4 Å². The molecule has 4 N–H and O–H groups in total. The van der Waals surface area contributed by atoms with Gasteiger partial charge in [0.05, 0.1) is 0 Å². The van der Waals surface area contributed by atoms with Crippen LogP contribution in [0.15, 0.2) is 28.7 Å². The lowest BCUT2D eigenvalue weighted by atomic mass is 9.91. The fraction of sp³-hybridized carbons (Fsp3) is 0.520. The zero-order valence-electron chi connectivity index (χ0n) is 22.7. The molecule has 1 aliphatic carbocycles. The van der Waals surface area contributed by atoms with E-state index in [2.05, 4.69) is 74.6 Å². The van der Waals surface area contributed by atoms with Crippen LogP contribution in [0.5, 0.6) is 0 Å². The number of benzene rings is 1. The SMILES string of the molecule is Cc1nc(NC2CCC(NCc3cccc(Br)c3)CC2)nc(N(C)C)c1C.O=C(O)C(F)(F)F.O=C(O)C(F)(F)F. The van der Waals surface area contributed by atoms with E-state index in [0.717, 1.165) is 46.9 Å². The number of carboxylic acid groups (broad SMARTS) is 2. The molecule has 1 aromatic heterocycles. The first kappa shape index (κ1) is 35.9. The molecule has 1 saturated carbocycles. The molecular weight excluding hydrogens is 628 g/mol. The van der Waals surface area contributed by atoms with Gasteiger partial charge in [0.15, 0.2) is 0 Å². The van der Waals surface area contributed by atoms with Crippen LogP contribution in [-0.4, -0.2) is 70.7 Å².